The number of ether oxygens (including phenoxy) is 1. The van der Waals surface area contributed by atoms with Gasteiger partial charge < -0.3 is 4.74 Å². The maximum Gasteiger partial charge on any atom is 0.195 e. The van der Waals surface area contributed by atoms with E-state index in [1.165, 1.54) is 25.3 Å². The Balaban J connectivity index is 1.56. The summed E-state index contributed by atoms with van der Waals surface area (Å²) in [5.74, 6) is 5.35. The highest BCUT2D eigenvalue weighted by molar-refractivity contribution is 5.84. The van der Waals surface area contributed by atoms with Crippen LogP contribution in [0.3, 0.4) is 0 Å². The molecule has 0 aliphatic heterocycles. The molecule has 0 aliphatic rings. The summed E-state index contributed by atoms with van der Waals surface area (Å²) < 4.78 is 73.4. The van der Waals surface area contributed by atoms with E-state index in [4.69, 9.17) is 4.74 Å². The Kier molecular flexibility index (Phi) is 6.02. The average molecular weight is 448 g/mol. The van der Waals surface area contributed by atoms with Crippen LogP contribution in [0, 0.1) is 52.8 Å². The molecule has 0 aromatic heterocycles. The molecule has 4 aromatic carbocycles. The van der Waals surface area contributed by atoms with Gasteiger partial charge in [-0.2, -0.15) is 0 Å². The molecule has 0 saturated heterocycles. The minimum Gasteiger partial charge on any atom is -0.497 e. The Morgan fingerprint density at radius 1 is 0.576 bits per heavy atom. The summed E-state index contributed by atoms with van der Waals surface area (Å²) in [6.07, 6.45) is 0. The first-order chi connectivity index (χ1) is 15.9. The maximum atomic E-state index is 14.0. The van der Waals surface area contributed by atoms with Crippen molar-refractivity contribution in [3.63, 3.8) is 0 Å². The first-order valence-electron chi connectivity index (χ1n) is 9.60. The number of benzene rings is 4. The van der Waals surface area contributed by atoms with Crippen LogP contribution in [0.4, 0.5) is 22.0 Å². The Hall–Kier alpha value is -4.29. The van der Waals surface area contributed by atoms with Crippen LogP contribution in [0.5, 0.6) is 5.75 Å². The van der Waals surface area contributed by atoms with Gasteiger partial charge in [-0.3, -0.25) is 0 Å². The van der Waals surface area contributed by atoms with Gasteiger partial charge in [0.25, 0.3) is 0 Å². The zero-order valence-electron chi connectivity index (χ0n) is 17.1. The highest BCUT2D eigenvalue weighted by Gasteiger charge is 2.13. The highest BCUT2D eigenvalue weighted by Crippen LogP contribution is 2.24. The van der Waals surface area contributed by atoms with Gasteiger partial charge in [-0.1, -0.05) is 29.7 Å². The SMILES string of the molecule is COc1cc(F)c(C#Cc2ccc(C#Cc3ccc4c(F)c(F)c(F)cc4c3)cc2)c(F)c1. The molecule has 0 bridgehead atoms. The molecule has 4 rings (SSSR count). The molecule has 0 fully saturated rings. The first kappa shape index (κ1) is 21.9. The van der Waals surface area contributed by atoms with Crippen LogP contribution < -0.4 is 4.74 Å². The molecular weight excluding hydrogens is 435 g/mol. The van der Waals surface area contributed by atoms with E-state index in [1.54, 1.807) is 24.3 Å². The molecule has 0 amide bonds. The predicted molar refractivity (Wildman–Crippen MR) is 115 cm³/mol. The molecule has 0 spiro atoms. The topological polar surface area (TPSA) is 9.23 Å². The number of hydrogen-bond acceptors (Lipinski definition) is 1. The molecular formula is C27H13F5O. The fraction of sp³-hybridized carbons (Fsp3) is 0.0370. The van der Waals surface area contributed by atoms with Crippen molar-refractivity contribution in [2.45, 2.75) is 0 Å². The maximum absolute atomic E-state index is 14.0. The van der Waals surface area contributed by atoms with E-state index in [1.807, 2.05) is 0 Å². The molecule has 0 heterocycles. The fourth-order valence-electron chi connectivity index (χ4n) is 3.09. The second-order valence-corrected chi connectivity index (χ2v) is 6.97. The van der Waals surface area contributed by atoms with Crippen LogP contribution in [-0.4, -0.2) is 7.11 Å². The third kappa shape index (κ3) is 4.66. The molecule has 162 valence electrons. The Labute approximate surface area is 186 Å². The molecule has 0 radical (unpaired) electrons. The van der Waals surface area contributed by atoms with Gasteiger partial charge in [0, 0.05) is 34.2 Å². The average Bonchev–Trinajstić information content (AvgIpc) is 2.81. The van der Waals surface area contributed by atoms with Crippen LogP contribution in [0.15, 0.2) is 60.7 Å². The van der Waals surface area contributed by atoms with Gasteiger partial charge in [-0.05, 0) is 47.9 Å². The minimum absolute atomic E-state index is 0.0351. The first-order valence-corrected chi connectivity index (χ1v) is 9.60. The largest absolute Gasteiger partial charge is 0.497 e. The van der Waals surface area contributed by atoms with E-state index in [0.717, 1.165) is 18.2 Å². The molecule has 0 saturated carbocycles. The normalized spacial score (nSPS) is 10.2. The van der Waals surface area contributed by atoms with Gasteiger partial charge in [0.15, 0.2) is 17.5 Å². The Bertz CT molecular complexity index is 1480. The van der Waals surface area contributed by atoms with Crippen molar-refractivity contribution >= 4 is 10.8 Å². The zero-order valence-corrected chi connectivity index (χ0v) is 17.1. The van der Waals surface area contributed by atoms with Crippen LogP contribution in [-0.2, 0) is 0 Å². The summed E-state index contributed by atoms with van der Waals surface area (Å²) in [4.78, 5) is 0. The minimum atomic E-state index is -1.51. The monoisotopic (exact) mass is 448 g/mol. The molecule has 1 nitrogen and oxygen atoms in total. The quantitative estimate of drug-likeness (QED) is 0.188. The third-order valence-electron chi connectivity index (χ3n) is 4.79. The summed E-state index contributed by atoms with van der Waals surface area (Å²) >= 11 is 0. The van der Waals surface area contributed by atoms with Gasteiger partial charge in [-0.15, -0.1) is 0 Å². The van der Waals surface area contributed by atoms with Gasteiger partial charge >= 0.3 is 0 Å². The lowest BCUT2D eigenvalue weighted by Gasteiger charge is -2.02. The van der Waals surface area contributed by atoms with Crippen molar-refractivity contribution in [2.24, 2.45) is 0 Å². The lowest BCUT2D eigenvalue weighted by Crippen LogP contribution is -1.93. The number of fused-ring (bicyclic) bond motifs is 1. The summed E-state index contributed by atoms with van der Waals surface area (Å²) in [5.41, 5.74) is 1.28. The van der Waals surface area contributed by atoms with Crippen molar-refractivity contribution in [1.29, 1.82) is 0 Å². The highest BCUT2D eigenvalue weighted by atomic mass is 19.2. The van der Waals surface area contributed by atoms with Gasteiger partial charge in [-0.25, -0.2) is 22.0 Å². The second-order valence-electron chi connectivity index (χ2n) is 6.97. The smallest absolute Gasteiger partial charge is 0.195 e. The van der Waals surface area contributed by atoms with E-state index in [-0.39, 0.29) is 22.1 Å². The van der Waals surface area contributed by atoms with Gasteiger partial charge in [0.1, 0.15) is 17.4 Å². The number of halogens is 5. The molecule has 0 unspecified atom stereocenters. The van der Waals surface area contributed by atoms with E-state index in [9.17, 15) is 22.0 Å². The molecule has 0 atom stereocenters. The van der Waals surface area contributed by atoms with Crippen LogP contribution in [0.2, 0.25) is 0 Å². The lowest BCUT2D eigenvalue weighted by atomic mass is 10.1. The third-order valence-corrected chi connectivity index (χ3v) is 4.79. The van der Waals surface area contributed by atoms with E-state index in [2.05, 4.69) is 23.7 Å². The zero-order chi connectivity index (χ0) is 23.5. The second kappa shape index (κ2) is 9.06. The van der Waals surface area contributed by atoms with Crippen molar-refractivity contribution in [1.82, 2.24) is 0 Å². The summed E-state index contributed by atoms with van der Waals surface area (Å²) in [5, 5.41) is 0.161. The molecule has 0 aliphatic carbocycles. The van der Waals surface area contributed by atoms with Crippen LogP contribution >= 0.6 is 0 Å². The van der Waals surface area contributed by atoms with Crippen molar-refractivity contribution in [3.8, 4) is 29.4 Å². The number of hydrogen-bond donors (Lipinski definition) is 0. The predicted octanol–water partition coefficient (Wildman–Crippen LogP) is 6.34. The lowest BCUT2D eigenvalue weighted by molar-refractivity contribution is 0.406. The summed E-state index contributed by atoms with van der Waals surface area (Å²) in [6.45, 7) is 0. The summed E-state index contributed by atoms with van der Waals surface area (Å²) in [7, 11) is 1.31. The van der Waals surface area contributed by atoms with Gasteiger partial charge in [0.2, 0.25) is 0 Å². The van der Waals surface area contributed by atoms with Crippen molar-refractivity contribution in [3.05, 3.63) is 112 Å². The van der Waals surface area contributed by atoms with Gasteiger partial charge in [0.05, 0.1) is 12.7 Å². The Morgan fingerprint density at radius 3 is 1.73 bits per heavy atom. The van der Waals surface area contributed by atoms with Crippen molar-refractivity contribution < 1.29 is 26.7 Å². The molecule has 33 heavy (non-hydrogen) atoms. The molecule has 0 N–H and O–H groups in total. The molecule has 6 heteroatoms. The van der Waals surface area contributed by atoms with Crippen molar-refractivity contribution in [2.75, 3.05) is 7.11 Å². The van der Waals surface area contributed by atoms with E-state index in [0.29, 0.717) is 16.7 Å². The molecule has 4 aromatic rings. The van der Waals surface area contributed by atoms with Crippen LogP contribution in [0.1, 0.15) is 22.3 Å². The number of rotatable bonds is 1. The van der Waals surface area contributed by atoms with E-state index < -0.39 is 29.1 Å². The fourth-order valence-corrected chi connectivity index (χ4v) is 3.09. The standard InChI is InChI=1S/C27H13F5O/c1-33-20-14-23(28)22(24(29)15-20)11-8-17-4-2-16(3-5-17)6-7-18-9-10-21-19(12-18)13-25(30)27(32)26(21)31/h2-5,9-10,12-15H,1H3. The summed E-state index contributed by atoms with van der Waals surface area (Å²) in [6, 6.07) is 14.0. The number of methoxy groups -OCH3 is 1. The Morgan fingerprint density at radius 2 is 1.12 bits per heavy atom. The van der Waals surface area contributed by atoms with E-state index >= 15 is 0 Å². The van der Waals surface area contributed by atoms with Crippen LogP contribution in [0.25, 0.3) is 10.8 Å².